The number of nitrogens with one attached hydrogen (secondary N) is 1. The zero-order chi connectivity index (χ0) is 10.1. The number of carbonyl (C=O) groups excluding carboxylic acids is 1. The summed E-state index contributed by atoms with van der Waals surface area (Å²) in [4.78, 5) is 10.0. The van der Waals surface area contributed by atoms with Gasteiger partial charge in [0.15, 0.2) is 0 Å². The van der Waals surface area contributed by atoms with E-state index in [1.807, 2.05) is 6.92 Å². The van der Waals surface area contributed by atoms with Crippen LogP contribution in [-0.4, -0.2) is 10.9 Å². The van der Waals surface area contributed by atoms with Crippen molar-refractivity contribution in [3.63, 3.8) is 0 Å². The van der Waals surface area contributed by atoms with Crippen molar-refractivity contribution in [3.05, 3.63) is 23.3 Å². The predicted molar refractivity (Wildman–Crippen MR) is 54.6 cm³/mol. The third kappa shape index (κ3) is 2.26. The van der Waals surface area contributed by atoms with E-state index in [4.69, 9.17) is 23.2 Å². The molecule has 0 saturated carbocycles. The lowest BCUT2D eigenvalue weighted by atomic mass is 9.96. The second-order valence-corrected chi connectivity index (χ2v) is 4.14. The van der Waals surface area contributed by atoms with Crippen LogP contribution in [0.25, 0.3) is 0 Å². The Morgan fingerprint density at radius 1 is 1.69 bits per heavy atom. The van der Waals surface area contributed by atoms with Crippen molar-refractivity contribution in [2.24, 2.45) is 5.92 Å². The van der Waals surface area contributed by atoms with E-state index in [9.17, 15) is 4.79 Å². The van der Waals surface area contributed by atoms with Gasteiger partial charge in [-0.3, -0.25) is 4.79 Å². The molecule has 1 aliphatic rings. The highest BCUT2D eigenvalue weighted by Gasteiger charge is 2.35. The van der Waals surface area contributed by atoms with Gasteiger partial charge in [-0.05, 0) is 12.2 Å². The molecule has 13 heavy (non-hydrogen) atoms. The summed E-state index contributed by atoms with van der Waals surface area (Å²) in [6.45, 7) is 3.29. The number of amides is 1. The van der Waals surface area contributed by atoms with E-state index in [0.29, 0.717) is 5.03 Å². The SMILES string of the molecule is CC(=O)NC1(Cl)C=CC=C(Cl)C1C. The topological polar surface area (TPSA) is 29.1 Å². The Morgan fingerprint density at radius 2 is 2.31 bits per heavy atom. The number of hydrogen-bond acceptors (Lipinski definition) is 1. The van der Waals surface area contributed by atoms with E-state index in [1.54, 1.807) is 18.2 Å². The molecule has 2 nitrogen and oxygen atoms in total. The fraction of sp³-hybridized carbons (Fsp3) is 0.444. The summed E-state index contributed by atoms with van der Waals surface area (Å²) in [5, 5.41) is 3.30. The molecule has 0 heterocycles. The lowest BCUT2D eigenvalue weighted by molar-refractivity contribution is -0.119. The minimum Gasteiger partial charge on any atom is -0.334 e. The maximum Gasteiger partial charge on any atom is 0.218 e. The van der Waals surface area contributed by atoms with E-state index in [0.717, 1.165) is 0 Å². The molecule has 0 radical (unpaired) electrons. The molecule has 0 saturated heterocycles. The highest BCUT2D eigenvalue weighted by molar-refractivity contribution is 6.33. The molecule has 1 N–H and O–H groups in total. The summed E-state index contributed by atoms with van der Waals surface area (Å²) < 4.78 is 0. The standard InChI is InChI=1S/C9H11Cl2NO/c1-6-8(10)4-3-5-9(6,11)12-7(2)13/h3-6H,1-2H3,(H,12,13). The summed E-state index contributed by atoms with van der Waals surface area (Å²) >= 11 is 12.1. The van der Waals surface area contributed by atoms with Gasteiger partial charge in [-0.15, -0.1) is 0 Å². The first-order chi connectivity index (χ1) is 5.96. The van der Waals surface area contributed by atoms with Gasteiger partial charge in [0, 0.05) is 17.9 Å². The summed E-state index contributed by atoms with van der Waals surface area (Å²) in [6, 6.07) is 0. The van der Waals surface area contributed by atoms with Crippen LogP contribution in [0.4, 0.5) is 0 Å². The fourth-order valence-corrected chi connectivity index (χ4v) is 1.81. The second-order valence-electron chi connectivity index (χ2n) is 3.08. The molecule has 0 spiro atoms. The molecule has 0 fully saturated rings. The zero-order valence-corrected chi connectivity index (χ0v) is 8.99. The van der Waals surface area contributed by atoms with Gasteiger partial charge in [-0.25, -0.2) is 0 Å². The van der Waals surface area contributed by atoms with Gasteiger partial charge < -0.3 is 5.32 Å². The van der Waals surface area contributed by atoms with E-state index in [2.05, 4.69) is 5.32 Å². The first-order valence-corrected chi connectivity index (χ1v) is 4.74. The summed E-state index contributed by atoms with van der Waals surface area (Å²) in [6.07, 6.45) is 5.24. The Labute approximate surface area is 87.6 Å². The van der Waals surface area contributed by atoms with Crippen LogP contribution in [0.2, 0.25) is 0 Å². The number of carbonyl (C=O) groups is 1. The van der Waals surface area contributed by atoms with Crippen molar-refractivity contribution >= 4 is 29.1 Å². The van der Waals surface area contributed by atoms with Crippen LogP contribution < -0.4 is 5.32 Å². The molecule has 0 aromatic carbocycles. The van der Waals surface area contributed by atoms with Gasteiger partial charge in [-0.2, -0.15) is 0 Å². The summed E-state index contributed by atoms with van der Waals surface area (Å²) in [7, 11) is 0. The monoisotopic (exact) mass is 219 g/mol. The van der Waals surface area contributed by atoms with Gasteiger partial charge in [-0.1, -0.05) is 36.2 Å². The van der Waals surface area contributed by atoms with Crippen LogP contribution in [0.3, 0.4) is 0 Å². The lowest BCUT2D eigenvalue weighted by Gasteiger charge is -2.32. The van der Waals surface area contributed by atoms with Gasteiger partial charge in [0.25, 0.3) is 0 Å². The number of alkyl halides is 1. The first-order valence-electron chi connectivity index (χ1n) is 3.98. The number of hydrogen-bond donors (Lipinski definition) is 1. The Hall–Kier alpha value is -0.470. The molecule has 0 bridgehead atoms. The van der Waals surface area contributed by atoms with Crippen molar-refractivity contribution in [3.8, 4) is 0 Å². The second kappa shape index (κ2) is 3.72. The molecule has 4 heteroatoms. The van der Waals surface area contributed by atoms with Crippen LogP contribution in [0.1, 0.15) is 13.8 Å². The van der Waals surface area contributed by atoms with Gasteiger partial charge in [0.1, 0.15) is 5.00 Å². The van der Waals surface area contributed by atoms with E-state index in [-0.39, 0.29) is 11.8 Å². The predicted octanol–water partition coefficient (Wildman–Crippen LogP) is 2.39. The third-order valence-electron chi connectivity index (χ3n) is 2.01. The fourth-order valence-electron chi connectivity index (χ4n) is 1.19. The average Bonchev–Trinajstić information content (AvgIpc) is 1.99. The Bertz CT molecular complexity index is 285. The van der Waals surface area contributed by atoms with E-state index >= 15 is 0 Å². The maximum atomic E-state index is 10.9. The highest BCUT2D eigenvalue weighted by Crippen LogP contribution is 2.34. The summed E-state index contributed by atoms with van der Waals surface area (Å²) in [5.74, 6) is -0.275. The van der Waals surface area contributed by atoms with E-state index in [1.165, 1.54) is 6.92 Å². The van der Waals surface area contributed by atoms with Crippen LogP contribution in [0, 0.1) is 5.92 Å². The molecular weight excluding hydrogens is 209 g/mol. The molecule has 2 atom stereocenters. The van der Waals surface area contributed by atoms with Gasteiger partial charge >= 0.3 is 0 Å². The number of halogens is 2. The van der Waals surface area contributed by atoms with E-state index < -0.39 is 5.00 Å². The minimum atomic E-state index is -0.877. The first kappa shape index (κ1) is 10.6. The Kier molecular flexibility index (Phi) is 3.04. The molecule has 2 unspecified atom stereocenters. The molecule has 72 valence electrons. The minimum absolute atomic E-state index is 0.107. The normalized spacial score (nSPS) is 32.6. The van der Waals surface area contributed by atoms with Crippen molar-refractivity contribution in [2.75, 3.05) is 0 Å². The largest absolute Gasteiger partial charge is 0.334 e. The van der Waals surface area contributed by atoms with Crippen LogP contribution in [0.5, 0.6) is 0 Å². The van der Waals surface area contributed by atoms with Gasteiger partial charge in [0.2, 0.25) is 5.91 Å². The smallest absolute Gasteiger partial charge is 0.218 e. The number of rotatable bonds is 1. The van der Waals surface area contributed by atoms with Gasteiger partial charge in [0.05, 0.1) is 0 Å². The molecular formula is C9H11Cl2NO. The molecule has 0 aromatic heterocycles. The highest BCUT2D eigenvalue weighted by atomic mass is 35.5. The molecule has 1 aliphatic carbocycles. The van der Waals surface area contributed by atoms with Crippen LogP contribution in [-0.2, 0) is 4.79 Å². The van der Waals surface area contributed by atoms with Crippen molar-refractivity contribution in [2.45, 2.75) is 18.8 Å². The lowest BCUT2D eigenvalue weighted by Crippen LogP contribution is -2.47. The average molecular weight is 220 g/mol. The Balaban J connectivity index is 2.86. The molecule has 1 amide bonds. The van der Waals surface area contributed by atoms with Crippen molar-refractivity contribution in [1.29, 1.82) is 0 Å². The third-order valence-corrected chi connectivity index (χ3v) is 3.01. The van der Waals surface area contributed by atoms with Crippen LogP contribution >= 0.6 is 23.2 Å². The van der Waals surface area contributed by atoms with Crippen LogP contribution in [0.15, 0.2) is 23.3 Å². The molecule has 0 aromatic rings. The quantitative estimate of drug-likeness (QED) is 0.533. The zero-order valence-electron chi connectivity index (χ0n) is 7.47. The molecule has 0 aliphatic heterocycles. The molecule has 1 rings (SSSR count). The summed E-state index contributed by atoms with van der Waals surface area (Å²) in [5.41, 5.74) is 0. The maximum absolute atomic E-state index is 10.9. The van der Waals surface area contributed by atoms with Crippen molar-refractivity contribution in [1.82, 2.24) is 5.32 Å². The van der Waals surface area contributed by atoms with Crippen molar-refractivity contribution < 1.29 is 4.79 Å². The Morgan fingerprint density at radius 3 is 2.85 bits per heavy atom. The number of allylic oxidation sites excluding steroid dienone is 2.